The van der Waals surface area contributed by atoms with Gasteiger partial charge in [0, 0.05) is 19.3 Å². The predicted octanol–water partition coefficient (Wildman–Crippen LogP) is 2.77. The number of amides is 1. The highest BCUT2D eigenvalue weighted by Crippen LogP contribution is 2.21. The summed E-state index contributed by atoms with van der Waals surface area (Å²) < 4.78 is 11.0. The molecule has 0 bridgehead atoms. The van der Waals surface area contributed by atoms with E-state index in [1.807, 2.05) is 52.2 Å². The molecule has 0 heterocycles. The molecule has 1 amide bonds. The second kappa shape index (κ2) is 8.76. The third-order valence-electron chi connectivity index (χ3n) is 3.58. The number of nitrogens with zero attached hydrogens (tertiary/aromatic N) is 1. The van der Waals surface area contributed by atoms with Crippen LogP contribution in [0.15, 0.2) is 24.3 Å². The maximum Gasteiger partial charge on any atom is 0.256 e. The van der Waals surface area contributed by atoms with Crippen LogP contribution in [0.4, 0.5) is 5.69 Å². The van der Waals surface area contributed by atoms with Crippen LogP contribution in [0.25, 0.3) is 0 Å². The third kappa shape index (κ3) is 5.66. The summed E-state index contributed by atoms with van der Waals surface area (Å²) >= 11 is 0. The van der Waals surface area contributed by atoms with Gasteiger partial charge in [0.25, 0.3) is 5.91 Å². The molecule has 0 aliphatic rings. The normalized spacial score (nSPS) is 13.7. The molecule has 5 heteroatoms. The van der Waals surface area contributed by atoms with Crippen LogP contribution in [0.2, 0.25) is 0 Å². The highest BCUT2D eigenvalue weighted by Gasteiger charge is 2.31. The van der Waals surface area contributed by atoms with Crippen LogP contribution in [-0.4, -0.2) is 50.8 Å². The molecule has 0 aromatic heterocycles. The summed E-state index contributed by atoms with van der Waals surface area (Å²) in [4.78, 5) is 14.4. The number of carbonyl (C=O) groups is 1. The topological polar surface area (TPSA) is 50.8 Å². The van der Waals surface area contributed by atoms with Crippen LogP contribution in [0.1, 0.15) is 26.7 Å². The lowest BCUT2D eigenvalue weighted by atomic mass is 9.99. The molecule has 0 spiro atoms. The third-order valence-corrected chi connectivity index (χ3v) is 3.58. The van der Waals surface area contributed by atoms with E-state index in [1.54, 1.807) is 7.11 Å². The maximum absolute atomic E-state index is 12.3. The number of hydrogen-bond acceptors (Lipinski definition) is 4. The van der Waals surface area contributed by atoms with Crippen molar-refractivity contribution in [3.8, 4) is 5.75 Å². The average Bonchev–Trinajstić information content (AvgIpc) is 2.48. The molecule has 1 aromatic carbocycles. The zero-order valence-electron chi connectivity index (χ0n) is 14.3. The lowest BCUT2D eigenvalue weighted by Crippen LogP contribution is -2.41. The Balaban J connectivity index is 2.58. The number of carbonyl (C=O) groups excluding carboxylic acids is 1. The molecule has 1 aromatic rings. The van der Waals surface area contributed by atoms with Crippen LogP contribution < -0.4 is 10.1 Å². The Labute approximate surface area is 133 Å². The van der Waals surface area contributed by atoms with Gasteiger partial charge < -0.3 is 19.7 Å². The molecule has 0 radical (unpaired) electrons. The van der Waals surface area contributed by atoms with Gasteiger partial charge in [0.05, 0.1) is 0 Å². The Bertz CT molecular complexity index is 459. The summed E-state index contributed by atoms with van der Waals surface area (Å²) in [6.07, 6.45) is 1.57. The first kappa shape index (κ1) is 18.5. The fourth-order valence-electron chi connectivity index (χ4n) is 2.03. The van der Waals surface area contributed by atoms with Crippen LogP contribution in [0.3, 0.4) is 0 Å². The zero-order chi connectivity index (χ0) is 16.6. The molecular formula is C17H28N2O3. The van der Waals surface area contributed by atoms with Crippen molar-refractivity contribution < 1.29 is 14.3 Å². The van der Waals surface area contributed by atoms with Crippen LogP contribution >= 0.6 is 0 Å². The van der Waals surface area contributed by atoms with E-state index in [0.29, 0.717) is 13.0 Å². The number of ether oxygens (including phenoxy) is 2. The summed E-state index contributed by atoms with van der Waals surface area (Å²) in [5.41, 5.74) is -0.0559. The Hall–Kier alpha value is -1.59. The second-order valence-corrected chi connectivity index (χ2v) is 5.82. The second-order valence-electron chi connectivity index (χ2n) is 5.82. The molecule has 1 atom stereocenters. The van der Waals surface area contributed by atoms with Crippen molar-refractivity contribution in [2.24, 2.45) is 0 Å². The summed E-state index contributed by atoms with van der Waals surface area (Å²) in [6.45, 7) is 5.34. The molecule has 1 N–H and O–H groups in total. The van der Waals surface area contributed by atoms with Crippen molar-refractivity contribution in [3.63, 3.8) is 0 Å². The van der Waals surface area contributed by atoms with Gasteiger partial charge in [-0.05, 0) is 51.7 Å². The zero-order valence-corrected chi connectivity index (χ0v) is 14.3. The first-order valence-electron chi connectivity index (χ1n) is 7.65. The number of methoxy groups -OCH3 is 1. The molecule has 1 unspecified atom stereocenters. The van der Waals surface area contributed by atoms with Gasteiger partial charge in [0.2, 0.25) is 0 Å². The minimum atomic E-state index is -0.796. The number of likely N-dealkylation sites (N-methyl/N-ethyl adjacent to an activating group) is 1. The van der Waals surface area contributed by atoms with Gasteiger partial charge in [-0.1, -0.05) is 13.3 Å². The quantitative estimate of drug-likeness (QED) is 0.762. The smallest absolute Gasteiger partial charge is 0.256 e. The fraction of sp³-hybridized carbons (Fsp3) is 0.588. The number of anilines is 1. The molecular weight excluding hydrogens is 280 g/mol. The number of nitrogens with one attached hydrogen (secondary N) is 1. The molecule has 22 heavy (non-hydrogen) atoms. The van der Waals surface area contributed by atoms with Gasteiger partial charge >= 0.3 is 0 Å². The summed E-state index contributed by atoms with van der Waals surface area (Å²) in [6, 6.07) is 7.39. The van der Waals surface area contributed by atoms with Crippen molar-refractivity contribution in [2.75, 3.05) is 39.7 Å². The van der Waals surface area contributed by atoms with E-state index >= 15 is 0 Å². The van der Waals surface area contributed by atoms with Gasteiger partial charge in [-0.3, -0.25) is 4.79 Å². The molecule has 0 aliphatic carbocycles. The van der Waals surface area contributed by atoms with E-state index in [9.17, 15) is 4.79 Å². The molecule has 0 saturated heterocycles. The number of hydrogen-bond donors (Lipinski definition) is 1. The van der Waals surface area contributed by atoms with Crippen LogP contribution in [0.5, 0.6) is 5.75 Å². The molecule has 0 fully saturated rings. The van der Waals surface area contributed by atoms with Crippen molar-refractivity contribution in [1.82, 2.24) is 4.90 Å². The average molecular weight is 308 g/mol. The van der Waals surface area contributed by atoms with Crippen LogP contribution in [-0.2, 0) is 9.53 Å². The van der Waals surface area contributed by atoms with E-state index in [4.69, 9.17) is 9.47 Å². The summed E-state index contributed by atoms with van der Waals surface area (Å²) in [7, 11) is 5.58. The van der Waals surface area contributed by atoms with Gasteiger partial charge in [-0.15, -0.1) is 0 Å². The van der Waals surface area contributed by atoms with E-state index < -0.39 is 5.60 Å². The monoisotopic (exact) mass is 308 g/mol. The van der Waals surface area contributed by atoms with E-state index in [1.165, 1.54) is 0 Å². The van der Waals surface area contributed by atoms with E-state index in [0.717, 1.165) is 24.4 Å². The SMILES string of the molecule is CCCC(C)(OC)C(=O)Nc1ccc(OCCN(C)C)cc1. The molecule has 124 valence electrons. The summed E-state index contributed by atoms with van der Waals surface area (Å²) in [5.74, 6) is 0.668. The Morgan fingerprint density at radius 2 is 1.91 bits per heavy atom. The Kier molecular flexibility index (Phi) is 7.35. The number of rotatable bonds is 9. The van der Waals surface area contributed by atoms with Gasteiger partial charge in [-0.25, -0.2) is 0 Å². The highest BCUT2D eigenvalue weighted by molar-refractivity contribution is 5.97. The van der Waals surface area contributed by atoms with Crippen molar-refractivity contribution >= 4 is 11.6 Å². The summed E-state index contributed by atoms with van der Waals surface area (Å²) in [5, 5.41) is 2.89. The highest BCUT2D eigenvalue weighted by atomic mass is 16.5. The van der Waals surface area contributed by atoms with E-state index in [2.05, 4.69) is 10.2 Å². The maximum atomic E-state index is 12.3. The Morgan fingerprint density at radius 1 is 1.27 bits per heavy atom. The van der Waals surface area contributed by atoms with Crippen molar-refractivity contribution in [2.45, 2.75) is 32.3 Å². The molecule has 5 nitrogen and oxygen atoms in total. The largest absolute Gasteiger partial charge is 0.492 e. The van der Waals surface area contributed by atoms with Gasteiger partial charge in [0.15, 0.2) is 0 Å². The lowest BCUT2D eigenvalue weighted by Gasteiger charge is -2.26. The Morgan fingerprint density at radius 3 is 2.41 bits per heavy atom. The standard InChI is InChI=1S/C17H28N2O3/c1-6-11-17(2,21-5)16(20)18-14-7-9-15(10-8-14)22-13-12-19(3)4/h7-10H,6,11-13H2,1-5H3,(H,18,20). The fourth-order valence-corrected chi connectivity index (χ4v) is 2.03. The minimum absolute atomic E-state index is 0.127. The molecule has 0 aliphatic heterocycles. The van der Waals surface area contributed by atoms with Crippen LogP contribution in [0, 0.1) is 0 Å². The van der Waals surface area contributed by atoms with Crippen molar-refractivity contribution in [1.29, 1.82) is 0 Å². The minimum Gasteiger partial charge on any atom is -0.492 e. The van der Waals surface area contributed by atoms with Gasteiger partial charge in [-0.2, -0.15) is 0 Å². The first-order chi connectivity index (χ1) is 10.4. The molecule has 1 rings (SSSR count). The van der Waals surface area contributed by atoms with E-state index in [-0.39, 0.29) is 5.91 Å². The lowest BCUT2D eigenvalue weighted by molar-refractivity contribution is -0.136. The predicted molar refractivity (Wildman–Crippen MR) is 89.4 cm³/mol. The van der Waals surface area contributed by atoms with Crippen molar-refractivity contribution in [3.05, 3.63) is 24.3 Å². The van der Waals surface area contributed by atoms with Gasteiger partial charge in [0.1, 0.15) is 18.0 Å². The number of benzene rings is 1. The first-order valence-corrected chi connectivity index (χ1v) is 7.65. The molecule has 0 saturated carbocycles.